The van der Waals surface area contributed by atoms with Crippen molar-refractivity contribution in [3.63, 3.8) is 0 Å². The van der Waals surface area contributed by atoms with Crippen LogP contribution in [0.4, 0.5) is 5.69 Å². The van der Waals surface area contributed by atoms with Gasteiger partial charge in [0.1, 0.15) is 12.4 Å². The van der Waals surface area contributed by atoms with Gasteiger partial charge < -0.3 is 19.5 Å². The Hall–Kier alpha value is -3.39. The third-order valence-electron chi connectivity index (χ3n) is 6.19. The van der Waals surface area contributed by atoms with E-state index in [9.17, 15) is 9.59 Å². The van der Waals surface area contributed by atoms with Gasteiger partial charge in [0.15, 0.2) is 0 Å². The highest BCUT2D eigenvalue weighted by molar-refractivity contribution is 6.04. The lowest BCUT2D eigenvalue weighted by atomic mass is 9.94. The fourth-order valence-corrected chi connectivity index (χ4v) is 4.24. The van der Waals surface area contributed by atoms with Gasteiger partial charge in [0, 0.05) is 43.4 Å². The van der Waals surface area contributed by atoms with Crippen molar-refractivity contribution in [2.45, 2.75) is 32.1 Å². The van der Waals surface area contributed by atoms with E-state index in [-0.39, 0.29) is 24.4 Å². The van der Waals surface area contributed by atoms with Crippen LogP contribution in [-0.2, 0) is 20.7 Å². The lowest BCUT2D eigenvalue weighted by Crippen LogP contribution is -2.25. The zero-order valence-electron chi connectivity index (χ0n) is 20.2. The molecule has 1 unspecified atom stereocenters. The molecule has 1 N–H and O–H groups in total. The van der Waals surface area contributed by atoms with Crippen molar-refractivity contribution in [2.24, 2.45) is 11.0 Å². The predicted molar refractivity (Wildman–Crippen MR) is 134 cm³/mol. The van der Waals surface area contributed by atoms with Crippen LogP contribution in [0, 0.1) is 5.92 Å². The van der Waals surface area contributed by atoms with Crippen molar-refractivity contribution in [3.8, 4) is 5.75 Å². The lowest BCUT2D eigenvalue weighted by Gasteiger charge is -2.25. The smallest absolute Gasteiger partial charge is 0.306 e. The number of rotatable bonds is 9. The van der Waals surface area contributed by atoms with E-state index in [4.69, 9.17) is 14.2 Å². The molecule has 2 heterocycles. The van der Waals surface area contributed by atoms with Crippen LogP contribution in [0.2, 0.25) is 0 Å². The molecule has 186 valence electrons. The standard InChI is InChI=1S/C27H33N3O5/c1-33-13-14-34-26(31)16-21-15-23-9-10-24(17-25(23)35-19-21)29-27(32)22-7-5-20(6-8-22)18-28-30-11-3-2-4-12-30/h5-10,17-18,21H,2-4,11-16,19H2,1H3,(H,29,32). The van der Waals surface area contributed by atoms with E-state index in [0.29, 0.717) is 30.9 Å². The Labute approximate surface area is 206 Å². The summed E-state index contributed by atoms with van der Waals surface area (Å²) >= 11 is 0. The number of carbonyl (C=O) groups excluding carboxylic acids is 2. The number of methoxy groups -OCH3 is 1. The van der Waals surface area contributed by atoms with Crippen LogP contribution in [0.15, 0.2) is 47.6 Å². The summed E-state index contributed by atoms with van der Waals surface area (Å²) in [7, 11) is 1.57. The number of ether oxygens (including phenoxy) is 3. The van der Waals surface area contributed by atoms with Crippen molar-refractivity contribution in [1.82, 2.24) is 5.01 Å². The zero-order valence-corrected chi connectivity index (χ0v) is 20.2. The molecule has 8 nitrogen and oxygen atoms in total. The van der Waals surface area contributed by atoms with Gasteiger partial charge in [-0.15, -0.1) is 0 Å². The molecule has 0 saturated carbocycles. The Morgan fingerprint density at radius 2 is 1.91 bits per heavy atom. The van der Waals surface area contributed by atoms with Crippen LogP contribution in [-0.4, -0.2) is 63.1 Å². The summed E-state index contributed by atoms with van der Waals surface area (Å²) in [5.74, 6) is 0.370. The quantitative estimate of drug-likeness (QED) is 0.333. The first kappa shape index (κ1) is 24.7. The van der Waals surface area contributed by atoms with Crippen LogP contribution < -0.4 is 10.1 Å². The van der Waals surface area contributed by atoms with Crippen LogP contribution in [0.1, 0.15) is 47.2 Å². The van der Waals surface area contributed by atoms with Crippen molar-refractivity contribution >= 4 is 23.8 Å². The maximum absolute atomic E-state index is 12.7. The largest absolute Gasteiger partial charge is 0.493 e. The van der Waals surface area contributed by atoms with Gasteiger partial charge in [0.25, 0.3) is 5.91 Å². The molecule has 2 aliphatic rings. The number of hydrazone groups is 1. The van der Waals surface area contributed by atoms with E-state index in [1.54, 1.807) is 19.2 Å². The van der Waals surface area contributed by atoms with Gasteiger partial charge >= 0.3 is 5.97 Å². The Morgan fingerprint density at radius 1 is 1.11 bits per heavy atom. The molecule has 0 radical (unpaired) electrons. The number of nitrogens with one attached hydrogen (secondary N) is 1. The first-order chi connectivity index (χ1) is 17.1. The second kappa shape index (κ2) is 12.4. The molecule has 1 amide bonds. The average molecular weight is 480 g/mol. The molecule has 0 aromatic heterocycles. The van der Waals surface area contributed by atoms with E-state index in [0.717, 1.165) is 36.4 Å². The first-order valence-electron chi connectivity index (χ1n) is 12.2. The summed E-state index contributed by atoms with van der Waals surface area (Å²) < 4.78 is 15.9. The molecule has 1 atom stereocenters. The van der Waals surface area contributed by atoms with Crippen LogP contribution >= 0.6 is 0 Å². The van der Waals surface area contributed by atoms with Crippen molar-refractivity contribution < 1.29 is 23.8 Å². The summed E-state index contributed by atoms with van der Waals surface area (Å²) in [5, 5.41) is 9.57. The minimum atomic E-state index is -0.244. The van der Waals surface area contributed by atoms with Gasteiger partial charge in [-0.2, -0.15) is 5.10 Å². The number of anilines is 1. The third-order valence-corrected chi connectivity index (χ3v) is 6.19. The molecule has 4 rings (SSSR count). The molecular formula is C27H33N3O5. The molecule has 0 bridgehead atoms. The van der Waals surface area contributed by atoms with Gasteiger partial charge in [-0.3, -0.25) is 14.6 Å². The SMILES string of the molecule is COCCOC(=O)CC1COc2cc(NC(=O)c3ccc(C=NN4CCCCC4)cc3)ccc2C1. The molecule has 2 aliphatic heterocycles. The molecule has 0 spiro atoms. The minimum Gasteiger partial charge on any atom is -0.493 e. The maximum atomic E-state index is 12.7. The third kappa shape index (κ3) is 7.29. The van der Waals surface area contributed by atoms with Crippen molar-refractivity contribution in [3.05, 3.63) is 59.2 Å². The summed E-state index contributed by atoms with van der Waals surface area (Å²) in [5.41, 5.74) is 3.22. The topological polar surface area (TPSA) is 89.5 Å². The van der Waals surface area contributed by atoms with Gasteiger partial charge in [-0.05, 0) is 55.0 Å². The first-order valence-corrected chi connectivity index (χ1v) is 12.2. The molecule has 35 heavy (non-hydrogen) atoms. The van der Waals surface area contributed by atoms with Crippen molar-refractivity contribution in [1.29, 1.82) is 0 Å². The van der Waals surface area contributed by atoms with Crippen LogP contribution in [0.25, 0.3) is 0 Å². The van der Waals surface area contributed by atoms with Crippen molar-refractivity contribution in [2.75, 3.05) is 45.3 Å². The van der Waals surface area contributed by atoms with Gasteiger partial charge in [-0.25, -0.2) is 0 Å². The Kier molecular flexibility index (Phi) is 8.73. The fraction of sp³-hybridized carbons (Fsp3) is 0.444. The lowest BCUT2D eigenvalue weighted by molar-refractivity contribution is -0.146. The molecule has 2 aromatic carbocycles. The number of amides is 1. The summed E-state index contributed by atoms with van der Waals surface area (Å²) in [6.45, 7) is 3.09. The fourth-order valence-electron chi connectivity index (χ4n) is 4.24. The second-order valence-corrected chi connectivity index (χ2v) is 8.96. The Balaban J connectivity index is 1.28. The van der Waals surface area contributed by atoms with E-state index < -0.39 is 0 Å². The predicted octanol–water partition coefficient (Wildman–Crippen LogP) is 3.89. The highest BCUT2D eigenvalue weighted by Gasteiger charge is 2.23. The summed E-state index contributed by atoms with van der Waals surface area (Å²) in [4.78, 5) is 24.7. The summed E-state index contributed by atoms with van der Waals surface area (Å²) in [6, 6.07) is 13.0. The van der Waals surface area contributed by atoms with Crippen LogP contribution in [0.5, 0.6) is 5.75 Å². The van der Waals surface area contributed by atoms with Gasteiger partial charge in [0.05, 0.1) is 25.8 Å². The normalized spacial score (nSPS) is 17.5. The zero-order chi connectivity index (χ0) is 24.5. The number of hydrogen-bond acceptors (Lipinski definition) is 7. The molecule has 1 fully saturated rings. The highest BCUT2D eigenvalue weighted by atomic mass is 16.6. The van der Waals surface area contributed by atoms with E-state index in [2.05, 4.69) is 15.4 Å². The number of nitrogens with zero attached hydrogens (tertiary/aromatic N) is 2. The van der Waals surface area contributed by atoms with E-state index in [1.165, 1.54) is 19.3 Å². The highest BCUT2D eigenvalue weighted by Crippen LogP contribution is 2.31. The van der Waals surface area contributed by atoms with Gasteiger partial charge in [0.2, 0.25) is 0 Å². The number of hydrogen-bond donors (Lipinski definition) is 1. The Morgan fingerprint density at radius 3 is 2.69 bits per heavy atom. The molecule has 0 aliphatic carbocycles. The summed E-state index contributed by atoms with van der Waals surface area (Å²) in [6.07, 6.45) is 6.53. The molecule has 1 saturated heterocycles. The minimum absolute atomic E-state index is 0.0648. The maximum Gasteiger partial charge on any atom is 0.306 e. The number of fused-ring (bicyclic) bond motifs is 1. The number of piperidine rings is 1. The average Bonchev–Trinajstić information content (AvgIpc) is 2.88. The molecular weight excluding hydrogens is 446 g/mol. The van der Waals surface area contributed by atoms with E-state index in [1.807, 2.05) is 36.5 Å². The van der Waals surface area contributed by atoms with E-state index >= 15 is 0 Å². The number of benzene rings is 2. The Bertz CT molecular complexity index is 1030. The second-order valence-electron chi connectivity index (χ2n) is 8.96. The number of esters is 1. The molecule has 8 heteroatoms. The van der Waals surface area contributed by atoms with Crippen LogP contribution in [0.3, 0.4) is 0 Å². The molecule has 2 aromatic rings. The van der Waals surface area contributed by atoms with Gasteiger partial charge in [-0.1, -0.05) is 18.2 Å². The monoisotopic (exact) mass is 479 g/mol. The number of carbonyl (C=O) groups is 2.